The first-order valence-corrected chi connectivity index (χ1v) is 26.8. The normalized spacial score (nSPS) is 19.4. The van der Waals surface area contributed by atoms with Gasteiger partial charge in [0.25, 0.3) is 0 Å². The van der Waals surface area contributed by atoms with E-state index in [0.29, 0.717) is 50.5 Å². The van der Waals surface area contributed by atoms with E-state index >= 15 is 0 Å². The summed E-state index contributed by atoms with van der Waals surface area (Å²) in [5.41, 5.74) is 3.89. The molecule has 0 unspecified atom stereocenters. The number of carbonyl (C=O) groups excluding carboxylic acids is 3. The highest BCUT2D eigenvalue weighted by Gasteiger charge is 2.52. The molecule has 74 heavy (non-hydrogen) atoms. The molecule has 11 rings (SSSR count). The fraction of sp³-hybridized carbons (Fsp3) is 0.411. The average molecular weight is 1040 g/mol. The SMILES string of the molecule is CC1(C)OB(c2ccc3c(c2)CC(=O)N3)OC1(C)C.O=C1CCN(c2ccccc2)CC1.O=C1Cc2cc(C3CCN(c4ccccc4)CC3)ccc2N1.O=S(=O)(OC1CCN(c2ccccc2)CC1)C(F)(F)F. The van der Waals surface area contributed by atoms with E-state index in [2.05, 4.69) is 85.3 Å². The zero-order chi connectivity index (χ0) is 52.7. The summed E-state index contributed by atoms with van der Waals surface area (Å²) < 4.78 is 74.7. The molecule has 0 radical (unpaired) electrons. The van der Waals surface area contributed by atoms with Gasteiger partial charge in [-0.25, -0.2) is 0 Å². The lowest BCUT2D eigenvalue weighted by molar-refractivity contribution is -0.119. The molecule has 4 saturated heterocycles. The van der Waals surface area contributed by atoms with Gasteiger partial charge in [0.15, 0.2) is 0 Å². The first kappa shape index (κ1) is 54.1. The van der Waals surface area contributed by atoms with E-state index < -0.39 is 21.7 Å². The van der Waals surface area contributed by atoms with Crippen molar-refractivity contribution in [3.8, 4) is 0 Å². The second-order valence-electron chi connectivity index (χ2n) is 20.3. The van der Waals surface area contributed by atoms with Crippen LogP contribution in [0.5, 0.6) is 0 Å². The molecule has 0 bridgehead atoms. The number of fused-ring (bicyclic) bond motifs is 2. The quantitative estimate of drug-likeness (QED) is 0.0914. The number of para-hydroxylation sites is 3. The van der Waals surface area contributed by atoms with Crippen LogP contribution in [0.25, 0.3) is 0 Å². The van der Waals surface area contributed by atoms with Crippen molar-refractivity contribution in [1.29, 1.82) is 0 Å². The molecule has 0 spiro atoms. The molecule has 18 heteroatoms. The van der Waals surface area contributed by atoms with Gasteiger partial charge >= 0.3 is 22.7 Å². The number of carbonyl (C=O) groups is 3. The molecule has 0 saturated carbocycles. The lowest BCUT2D eigenvalue weighted by Crippen LogP contribution is -2.41. The van der Waals surface area contributed by atoms with Crippen LogP contribution in [0.4, 0.5) is 41.6 Å². The molecule has 13 nitrogen and oxygen atoms in total. The van der Waals surface area contributed by atoms with Gasteiger partial charge < -0.3 is 34.6 Å². The number of ketones is 1. The van der Waals surface area contributed by atoms with Gasteiger partial charge in [-0.1, -0.05) is 78.9 Å². The molecule has 6 heterocycles. The topological polar surface area (TPSA) is 147 Å². The van der Waals surface area contributed by atoms with Gasteiger partial charge in [0.05, 0.1) is 30.1 Å². The van der Waals surface area contributed by atoms with Crippen LogP contribution in [0.1, 0.15) is 88.8 Å². The van der Waals surface area contributed by atoms with Gasteiger partial charge in [0.1, 0.15) is 5.78 Å². The number of hydrogen-bond acceptors (Lipinski definition) is 11. The van der Waals surface area contributed by atoms with Crippen molar-refractivity contribution in [2.24, 2.45) is 0 Å². The van der Waals surface area contributed by atoms with Gasteiger partial charge in [0, 0.05) is 80.5 Å². The number of hydrogen-bond donors (Lipinski definition) is 2. The minimum Gasteiger partial charge on any atom is -0.399 e. The molecular formula is C56H65BF3N5O8S. The van der Waals surface area contributed by atoms with E-state index in [0.717, 1.165) is 59.8 Å². The monoisotopic (exact) mass is 1040 g/mol. The van der Waals surface area contributed by atoms with E-state index in [4.69, 9.17) is 9.31 Å². The number of nitrogens with zero attached hydrogens (tertiary/aromatic N) is 3. The number of anilines is 5. The first-order chi connectivity index (χ1) is 35.2. The second kappa shape index (κ2) is 23.1. The molecule has 6 aliphatic heterocycles. The van der Waals surface area contributed by atoms with Crippen molar-refractivity contribution in [3.05, 3.63) is 144 Å². The number of rotatable bonds is 7. The molecule has 4 fully saturated rings. The predicted octanol–water partition coefficient (Wildman–Crippen LogP) is 9.42. The van der Waals surface area contributed by atoms with Crippen LogP contribution < -0.4 is 30.8 Å². The van der Waals surface area contributed by atoms with Gasteiger partial charge in [-0.15, -0.1) is 0 Å². The van der Waals surface area contributed by atoms with Gasteiger partial charge in [-0.05, 0) is 130 Å². The van der Waals surface area contributed by atoms with E-state index in [-0.39, 0.29) is 43.0 Å². The van der Waals surface area contributed by atoms with E-state index in [1.54, 1.807) is 0 Å². The van der Waals surface area contributed by atoms with E-state index in [1.165, 1.54) is 29.8 Å². The van der Waals surface area contributed by atoms with Crippen LogP contribution in [0.15, 0.2) is 127 Å². The van der Waals surface area contributed by atoms with Crippen molar-refractivity contribution >= 4 is 68.7 Å². The molecule has 0 aromatic heterocycles. The van der Waals surface area contributed by atoms with Crippen molar-refractivity contribution in [3.63, 3.8) is 0 Å². The molecule has 5 aromatic rings. The largest absolute Gasteiger partial charge is 0.523 e. The number of halogens is 3. The Kier molecular flexibility index (Phi) is 16.9. The van der Waals surface area contributed by atoms with Crippen molar-refractivity contribution in [2.45, 2.75) is 108 Å². The fourth-order valence-corrected chi connectivity index (χ4v) is 10.4. The summed E-state index contributed by atoms with van der Waals surface area (Å²) >= 11 is 0. The van der Waals surface area contributed by atoms with Crippen molar-refractivity contribution < 1.29 is 49.5 Å². The standard InChI is InChI=1S/C19H20N2O.C14H18BNO3.C12H14F3NO3S.C11H13NO/c22-19-13-16-12-15(6-7-18(16)20-19)14-8-10-21(11-9-14)17-4-2-1-3-5-17;1-13(2)14(3,4)19-15(18-13)10-5-6-11-9(7-10)8-12(17)16-11;13-12(14,15)20(17,18)19-11-6-8-16(9-7-11)10-4-2-1-3-5-10;13-11-6-8-12(9-7-11)10-4-2-1-3-5-10/h1-7,12,14H,8-11,13H2,(H,20,22);5-7H,8H2,1-4H3,(H,16,17);1-5,11H,6-9H2;1-5H,6-9H2. The summed E-state index contributed by atoms with van der Waals surface area (Å²) in [5.74, 6) is 1.17. The van der Waals surface area contributed by atoms with Crippen LogP contribution in [0, 0.1) is 0 Å². The van der Waals surface area contributed by atoms with Gasteiger partial charge in [-0.2, -0.15) is 21.6 Å². The molecule has 6 aliphatic rings. The molecule has 2 amide bonds. The summed E-state index contributed by atoms with van der Waals surface area (Å²) in [6, 6.07) is 42.7. The fourth-order valence-electron chi connectivity index (χ4n) is 9.72. The summed E-state index contributed by atoms with van der Waals surface area (Å²) in [6.07, 6.45) is 4.29. The zero-order valence-electron chi connectivity index (χ0n) is 42.4. The summed E-state index contributed by atoms with van der Waals surface area (Å²) in [7, 11) is -5.87. The number of alkyl halides is 3. The van der Waals surface area contributed by atoms with Crippen LogP contribution in [-0.4, -0.2) is 95.2 Å². The van der Waals surface area contributed by atoms with Gasteiger partial charge in [0.2, 0.25) is 11.8 Å². The Morgan fingerprint density at radius 3 is 1.46 bits per heavy atom. The lowest BCUT2D eigenvalue weighted by atomic mass is 9.78. The third-order valence-electron chi connectivity index (χ3n) is 14.7. The maximum Gasteiger partial charge on any atom is 0.523 e. The second-order valence-corrected chi connectivity index (χ2v) is 21.9. The average Bonchev–Trinajstić information content (AvgIpc) is 4.04. The van der Waals surface area contributed by atoms with Crippen molar-refractivity contribution in [1.82, 2.24) is 0 Å². The Morgan fingerprint density at radius 1 is 0.581 bits per heavy atom. The predicted molar refractivity (Wildman–Crippen MR) is 285 cm³/mol. The molecular weight excluding hydrogens is 971 g/mol. The molecule has 2 N–H and O–H groups in total. The maximum atomic E-state index is 12.2. The summed E-state index contributed by atoms with van der Waals surface area (Å²) in [5, 5.41) is 5.74. The maximum absolute atomic E-state index is 12.2. The van der Waals surface area contributed by atoms with Crippen LogP contribution in [0.2, 0.25) is 0 Å². The number of Topliss-reactive ketones (excluding diaryl/α,β-unsaturated/α-hetero) is 1. The van der Waals surface area contributed by atoms with Gasteiger partial charge in [-0.3, -0.25) is 18.6 Å². The highest BCUT2D eigenvalue weighted by Crippen LogP contribution is 2.38. The zero-order valence-corrected chi connectivity index (χ0v) is 43.2. The van der Waals surface area contributed by atoms with Crippen LogP contribution >= 0.6 is 0 Å². The van der Waals surface area contributed by atoms with E-state index in [1.807, 2.05) is 99.3 Å². The van der Waals surface area contributed by atoms with Crippen molar-refractivity contribution in [2.75, 3.05) is 64.6 Å². The highest BCUT2D eigenvalue weighted by molar-refractivity contribution is 7.87. The minimum atomic E-state index is -5.50. The molecule has 0 atom stereocenters. The Labute approximate surface area is 433 Å². The van der Waals surface area contributed by atoms with Crippen LogP contribution in [0.3, 0.4) is 0 Å². The Balaban J connectivity index is 0.000000133. The highest BCUT2D eigenvalue weighted by atomic mass is 32.2. The summed E-state index contributed by atoms with van der Waals surface area (Å²) in [6.45, 7) is 13.0. The minimum absolute atomic E-state index is 0.0427. The smallest absolute Gasteiger partial charge is 0.399 e. The summed E-state index contributed by atoms with van der Waals surface area (Å²) in [4.78, 5) is 40.6. The van der Waals surface area contributed by atoms with E-state index in [9.17, 15) is 36.0 Å². The Bertz CT molecular complexity index is 2820. The number of nitrogens with one attached hydrogen (secondary N) is 2. The molecule has 5 aromatic carbocycles. The number of piperidine rings is 3. The third kappa shape index (κ3) is 13.5. The first-order valence-electron chi connectivity index (χ1n) is 25.4. The Morgan fingerprint density at radius 2 is 1.00 bits per heavy atom. The number of amides is 2. The third-order valence-corrected chi connectivity index (χ3v) is 15.8. The molecule has 392 valence electrons. The van der Waals surface area contributed by atoms with Crippen LogP contribution in [-0.2, 0) is 50.8 Å². The lowest BCUT2D eigenvalue weighted by Gasteiger charge is -2.34. The molecule has 0 aliphatic carbocycles. The Hall–Kier alpha value is -6.21. The number of benzene rings is 5.